The van der Waals surface area contributed by atoms with Crippen molar-refractivity contribution in [3.8, 4) is 16.9 Å². The third-order valence-corrected chi connectivity index (χ3v) is 9.43. The lowest BCUT2D eigenvalue weighted by atomic mass is 9.69. The van der Waals surface area contributed by atoms with Gasteiger partial charge < -0.3 is 0 Å². The number of nitrogens with zero attached hydrogens (tertiary/aromatic N) is 6. The molecule has 2 heterocycles. The average molecular weight is 573 g/mol. The maximum absolute atomic E-state index is 13.6. The van der Waals surface area contributed by atoms with Crippen LogP contribution in [0.2, 0.25) is 0 Å². The van der Waals surface area contributed by atoms with Crippen LogP contribution in [0.15, 0.2) is 74.9 Å². The van der Waals surface area contributed by atoms with Gasteiger partial charge in [0, 0.05) is 35.8 Å². The molecule has 0 saturated heterocycles. The molecule has 41 heavy (non-hydrogen) atoms. The Kier molecular flexibility index (Phi) is 7.95. The van der Waals surface area contributed by atoms with Gasteiger partial charge in [0.05, 0.1) is 22.0 Å². The maximum Gasteiger partial charge on any atom is 0.297 e. The lowest BCUT2D eigenvalue weighted by molar-refractivity contribution is -0.384. The van der Waals surface area contributed by atoms with Crippen molar-refractivity contribution in [3.05, 3.63) is 90.9 Å². The minimum atomic E-state index is -0.404. The van der Waals surface area contributed by atoms with Crippen molar-refractivity contribution in [2.45, 2.75) is 59.8 Å². The third kappa shape index (κ3) is 5.61. The summed E-state index contributed by atoms with van der Waals surface area (Å²) in [6.45, 7) is 8.84. The molecule has 0 aliphatic heterocycles. The molecule has 2 aromatic carbocycles. The van der Waals surface area contributed by atoms with E-state index in [0.717, 1.165) is 60.5 Å². The number of thiazole rings is 1. The fourth-order valence-corrected chi connectivity index (χ4v) is 6.30. The van der Waals surface area contributed by atoms with Crippen LogP contribution in [0.1, 0.15) is 58.6 Å². The highest BCUT2D eigenvalue weighted by atomic mass is 32.1. The second-order valence-electron chi connectivity index (χ2n) is 11.3. The van der Waals surface area contributed by atoms with E-state index in [0.29, 0.717) is 21.8 Å². The highest BCUT2D eigenvalue weighted by Crippen LogP contribution is 2.39. The molecule has 1 aliphatic carbocycles. The number of aromatic nitrogens is 3. The van der Waals surface area contributed by atoms with E-state index in [1.54, 1.807) is 16.8 Å². The third-order valence-electron chi connectivity index (χ3n) is 8.61. The van der Waals surface area contributed by atoms with Crippen LogP contribution in [0.25, 0.3) is 16.9 Å². The predicted molar refractivity (Wildman–Crippen MR) is 164 cm³/mol. The fraction of sp³-hybridized carbons (Fsp3) is 0.387. The normalized spacial score (nSPS) is 16.3. The van der Waals surface area contributed by atoms with Crippen LogP contribution in [0.4, 0.5) is 11.4 Å². The molecule has 0 atom stereocenters. The van der Waals surface area contributed by atoms with Gasteiger partial charge in [-0.25, -0.2) is 14.4 Å². The molecule has 0 spiro atoms. The van der Waals surface area contributed by atoms with Gasteiger partial charge in [-0.1, -0.05) is 45.4 Å². The molecule has 214 valence electrons. The van der Waals surface area contributed by atoms with E-state index in [4.69, 9.17) is 10.1 Å². The minimum absolute atomic E-state index is 0.0324. The van der Waals surface area contributed by atoms with Gasteiger partial charge in [0.25, 0.3) is 11.2 Å². The van der Waals surface area contributed by atoms with Gasteiger partial charge in [-0.3, -0.25) is 19.6 Å². The summed E-state index contributed by atoms with van der Waals surface area (Å²) in [6.07, 6.45) is 5.13. The maximum atomic E-state index is 13.6. The van der Waals surface area contributed by atoms with Crippen LogP contribution in [0.5, 0.6) is 0 Å². The molecule has 0 radical (unpaired) electrons. The summed E-state index contributed by atoms with van der Waals surface area (Å²) in [6, 6.07) is 16.0. The smallest absolute Gasteiger partial charge is 0.283 e. The first-order chi connectivity index (χ1) is 19.6. The van der Waals surface area contributed by atoms with Gasteiger partial charge in [-0.15, -0.1) is 11.3 Å². The Morgan fingerprint density at radius 3 is 2.34 bits per heavy atom. The number of rotatable bonds is 7. The number of nitro groups is 1. The van der Waals surface area contributed by atoms with Gasteiger partial charge >= 0.3 is 0 Å². The van der Waals surface area contributed by atoms with Gasteiger partial charge in [-0.05, 0) is 68.2 Å². The van der Waals surface area contributed by atoms with Crippen molar-refractivity contribution in [2.24, 2.45) is 28.5 Å². The van der Waals surface area contributed by atoms with E-state index in [1.165, 1.54) is 23.5 Å². The fourth-order valence-electron chi connectivity index (χ4n) is 5.47. The molecular formula is C31H36N6O3S. The number of non-ortho nitro benzene ring substituents is 1. The van der Waals surface area contributed by atoms with Crippen LogP contribution in [0, 0.1) is 28.4 Å². The number of hydrogen-bond acceptors (Lipinski definition) is 6. The molecule has 1 fully saturated rings. The molecule has 0 N–H and O–H groups in total. The topological polar surface area (TPSA) is 99.7 Å². The molecule has 4 aromatic rings. The van der Waals surface area contributed by atoms with Gasteiger partial charge in [0.15, 0.2) is 5.69 Å². The van der Waals surface area contributed by atoms with E-state index in [9.17, 15) is 14.9 Å². The van der Waals surface area contributed by atoms with E-state index in [-0.39, 0.29) is 11.2 Å². The first-order valence-electron chi connectivity index (χ1n) is 14.0. The molecule has 0 amide bonds. The summed E-state index contributed by atoms with van der Waals surface area (Å²) in [4.78, 5) is 29.9. The van der Waals surface area contributed by atoms with Crippen molar-refractivity contribution in [3.63, 3.8) is 0 Å². The van der Waals surface area contributed by atoms with Crippen molar-refractivity contribution in [1.29, 1.82) is 0 Å². The first kappa shape index (κ1) is 28.5. The van der Waals surface area contributed by atoms with Gasteiger partial charge in [0.1, 0.15) is 0 Å². The second kappa shape index (κ2) is 11.4. The van der Waals surface area contributed by atoms with Crippen LogP contribution >= 0.6 is 11.3 Å². The minimum Gasteiger partial charge on any atom is -0.283 e. The van der Waals surface area contributed by atoms with E-state index in [1.807, 2.05) is 59.0 Å². The van der Waals surface area contributed by atoms with E-state index in [2.05, 4.69) is 20.8 Å². The Balaban J connectivity index is 1.62. The summed E-state index contributed by atoms with van der Waals surface area (Å²) in [7, 11) is 1.85. The van der Waals surface area contributed by atoms with Crippen molar-refractivity contribution < 1.29 is 4.92 Å². The standard InChI is InChI=1S/C31H36N6O3S/c1-6-31(3,4)23-14-16-24(17-15-23)33-35-27(22-12-18-26(19-13-22)37(39)40)20-41-30(35)32-28-21(2)34(5)36(29(28)38)25-10-8-7-9-11-25/h7-13,18-20,23H,6,14-17H2,1-5H3. The summed E-state index contributed by atoms with van der Waals surface area (Å²) in [5.74, 6) is 0.653. The molecule has 10 heteroatoms. The SMILES string of the molecule is CCC(C)(C)C1CCC(=Nn2c(-c3ccc([N+](=O)[O-])cc3)csc2=Nc2c(C)n(C)n(-c3ccccc3)c2=O)CC1. The van der Waals surface area contributed by atoms with Gasteiger partial charge in [0.2, 0.25) is 4.80 Å². The summed E-state index contributed by atoms with van der Waals surface area (Å²) in [5, 5.41) is 18.3. The lowest BCUT2D eigenvalue weighted by Gasteiger charge is -2.36. The highest BCUT2D eigenvalue weighted by molar-refractivity contribution is 7.07. The molecule has 0 bridgehead atoms. The van der Waals surface area contributed by atoms with Crippen LogP contribution in [-0.4, -0.2) is 24.7 Å². The summed E-state index contributed by atoms with van der Waals surface area (Å²) in [5.41, 5.74) is 4.67. The zero-order chi connectivity index (χ0) is 29.3. The summed E-state index contributed by atoms with van der Waals surface area (Å²) < 4.78 is 5.24. The monoisotopic (exact) mass is 572 g/mol. The molecule has 5 rings (SSSR count). The van der Waals surface area contributed by atoms with Crippen molar-refractivity contribution >= 4 is 28.4 Å². The average Bonchev–Trinajstić information content (AvgIpc) is 3.46. The molecule has 2 aromatic heterocycles. The highest BCUT2D eigenvalue weighted by Gasteiger charge is 2.30. The number of nitro benzene ring substituents is 1. The summed E-state index contributed by atoms with van der Waals surface area (Å²) >= 11 is 1.40. The first-order valence-corrected chi connectivity index (χ1v) is 14.9. The van der Waals surface area contributed by atoms with Crippen molar-refractivity contribution in [2.75, 3.05) is 0 Å². The largest absolute Gasteiger partial charge is 0.297 e. The van der Waals surface area contributed by atoms with Crippen molar-refractivity contribution in [1.82, 2.24) is 14.0 Å². The molecule has 1 saturated carbocycles. The van der Waals surface area contributed by atoms with Gasteiger partial charge in [-0.2, -0.15) is 5.10 Å². The Bertz CT molecular complexity index is 1710. The van der Waals surface area contributed by atoms with E-state index >= 15 is 0 Å². The van der Waals surface area contributed by atoms with Crippen LogP contribution in [0.3, 0.4) is 0 Å². The molecule has 9 nitrogen and oxygen atoms in total. The van der Waals surface area contributed by atoms with Crippen LogP contribution in [-0.2, 0) is 7.05 Å². The number of para-hydroxylation sites is 1. The Morgan fingerprint density at radius 1 is 1.07 bits per heavy atom. The zero-order valence-electron chi connectivity index (χ0n) is 24.2. The predicted octanol–water partition coefficient (Wildman–Crippen LogP) is 6.99. The Morgan fingerprint density at radius 2 is 1.73 bits per heavy atom. The zero-order valence-corrected chi connectivity index (χ0v) is 25.0. The lowest BCUT2D eigenvalue weighted by Crippen LogP contribution is -2.28. The molecular weight excluding hydrogens is 536 g/mol. The second-order valence-corrected chi connectivity index (χ2v) is 12.2. The number of hydrogen-bond donors (Lipinski definition) is 0. The Labute approximate surface area is 243 Å². The molecule has 1 aliphatic rings. The van der Waals surface area contributed by atoms with E-state index < -0.39 is 4.92 Å². The molecule has 0 unspecified atom stereocenters. The Hall–Kier alpha value is -4.05. The van der Waals surface area contributed by atoms with Crippen LogP contribution < -0.4 is 10.4 Å². The quantitative estimate of drug-likeness (QED) is 0.176. The number of benzene rings is 2.